The summed E-state index contributed by atoms with van der Waals surface area (Å²) in [6, 6.07) is 9.22. The number of unbranched alkanes of at least 4 members (excludes halogenated alkanes) is 8. The maximum atomic E-state index is 10.6. The summed E-state index contributed by atoms with van der Waals surface area (Å²) >= 11 is 0. The lowest BCUT2D eigenvalue weighted by molar-refractivity contribution is -0.140. The Hall–Kier alpha value is -1.35. The zero-order valence-corrected chi connectivity index (χ0v) is 18.8. The Kier molecular flexibility index (Phi) is 12.9. The van der Waals surface area contributed by atoms with Gasteiger partial charge in [0.25, 0.3) is 0 Å². The van der Waals surface area contributed by atoms with Crippen molar-refractivity contribution < 1.29 is 9.53 Å². The summed E-state index contributed by atoms with van der Waals surface area (Å²) in [4.78, 5) is 10.6. The van der Waals surface area contributed by atoms with Gasteiger partial charge in [-0.3, -0.25) is 4.79 Å². The molecule has 3 heteroatoms. The first kappa shape index (κ1) is 24.7. The average Bonchev–Trinajstić information content (AvgIpc) is 2.64. The minimum atomic E-state index is -0.198. The predicted octanol–water partition coefficient (Wildman–Crippen LogP) is 6.19. The lowest BCUT2D eigenvalue weighted by atomic mass is 9.86. The van der Waals surface area contributed by atoms with Crippen molar-refractivity contribution in [3.8, 4) is 0 Å². The van der Waals surface area contributed by atoms with Crippen LogP contribution in [0.2, 0.25) is 0 Å². The topological polar surface area (TPSA) is 38.3 Å². The fourth-order valence-corrected chi connectivity index (χ4v) is 3.38. The molecule has 0 aliphatic heterocycles. The van der Waals surface area contributed by atoms with Gasteiger partial charge in [0.15, 0.2) is 0 Å². The zero-order chi connectivity index (χ0) is 20.7. The van der Waals surface area contributed by atoms with E-state index in [4.69, 9.17) is 4.74 Å². The molecule has 0 aliphatic rings. The van der Waals surface area contributed by atoms with Crippen molar-refractivity contribution in [1.29, 1.82) is 0 Å². The summed E-state index contributed by atoms with van der Waals surface area (Å²) in [5.41, 5.74) is 3.16. The molecule has 0 aromatic heterocycles. The highest BCUT2D eigenvalue weighted by Crippen LogP contribution is 2.22. The molecule has 0 spiro atoms. The van der Waals surface area contributed by atoms with Crippen LogP contribution < -0.4 is 5.32 Å². The van der Waals surface area contributed by atoms with Crippen LogP contribution in [-0.4, -0.2) is 25.7 Å². The van der Waals surface area contributed by atoms with E-state index in [1.165, 1.54) is 82.3 Å². The van der Waals surface area contributed by atoms with Gasteiger partial charge in [0, 0.05) is 13.5 Å². The van der Waals surface area contributed by atoms with E-state index in [1.807, 2.05) is 0 Å². The summed E-state index contributed by atoms with van der Waals surface area (Å²) in [7, 11) is 0. The van der Waals surface area contributed by atoms with Crippen molar-refractivity contribution in [3.63, 3.8) is 0 Å². The molecule has 1 N–H and O–H groups in total. The van der Waals surface area contributed by atoms with Crippen LogP contribution in [0.3, 0.4) is 0 Å². The van der Waals surface area contributed by atoms with E-state index in [9.17, 15) is 4.79 Å². The molecule has 0 heterocycles. The Labute approximate surface area is 173 Å². The van der Waals surface area contributed by atoms with Crippen LogP contribution in [-0.2, 0) is 21.4 Å². The Balaban J connectivity index is 1.86. The van der Waals surface area contributed by atoms with Crippen LogP contribution in [0.5, 0.6) is 0 Å². The second-order valence-electron chi connectivity index (χ2n) is 8.97. The molecule has 0 saturated heterocycles. The summed E-state index contributed by atoms with van der Waals surface area (Å²) in [6.07, 6.45) is 13.2. The number of aryl methyl sites for hydroxylation is 1. The van der Waals surface area contributed by atoms with Crippen molar-refractivity contribution in [2.24, 2.45) is 0 Å². The van der Waals surface area contributed by atoms with Crippen LogP contribution in [0.4, 0.5) is 0 Å². The third kappa shape index (κ3) is 12.9. The smallest absolute Gasteiger partial charge is 0.302 e. The molecule has 3 nitrogen and oxygen atoms in total. The molecule has 0 aliphatic carbocycles. The summed E-state index contributed by atoms with van der Waals surface area (Å²) < 4.78 is 4.88. The quantitative estimate of drug-likeness (QED) is 0.287. The molecule has 0 atom stereocenters. The summed E-state index contributed by atoms with van der Waals surface area (Å²) in [5.74, 6) is -0.198. The predicted molar refractivity (Wildman–Crippen MR) is 120 cm³/mol. The Morgan fingerprint density at radius 1 is 0.821 bits per heavy atom. The van der Waals surface area contributed by atoms with Gasteiger partial charge in [0.2, 0.25) is 0 Å². The Morgan fingerprint density at radius 2 is 1.36 bits per heavy atom. The molecular weight excluding hydrogens is 346 g/mol. The highest BCUT2D eigenvalue weighted by molar-refractivity contribution is 5.65. The molecule has 0 bridgehead atoms. The zero-order valence-electron chi connectivity index (χ0n) is 18.8. The number of rotatable bonds is 15. The molecule has 160 valence electrons. The second kappa shape index (κ2) is 14.6. The number of ether oxygens (including phenoxy) is 1. The number of benzene rings is 1. The molecular formula is C25H43NO2. The number of nitrogens with one attached hydrogen (secondary N) is 1. The second-order valence-corrected chi connectivity index (χ2v) is 8.97. The monoisotopic (exact) mass is 389 g/mol. The maximum Gasteiger partial charge on any atom is 0.302 e. The molecule has 0 fully saturated rings. The van der Waals surface area contributed by atoms with E-state index in [1.54, 1.807) is 0 Å². The first-order chi connectivity index (χ1) is 13.4. The number of hydrogen-bond acceptors (Lipinski definition) is 3. The van der Waals surface area contributed by atoms with Gasteiger partial charge in [-0.25, -0.2) is 0 Å². The number of carbonyl (C=O) groups excluding carboxylic acids is 1. The highest BCUT2D eigenvalue weighted by Gasteiger charge is 2.12. The molecule has 28 heavy (non-hydrogen) atoms. The van der Waals surface area contributed by atoms with Crippen LogP contribution in [0.15, 0.2) is 24.3 Å². The Morgan fingerprint density at radius 3 is 1.89 bits per heavy atom. The van der Waals surface area contributed by atoms with E-state index >= 15 is 0 Å². The number of hydrogen-bond donors (Lipinski definition) is 1. The van der Waals surface area contributed by atoms with E-state index in [2.05, 4.69) is 50.4 Å². The van der Waals surface area contributed by atoms with Gasteiger partial charge in [-0.05, 0) is 42.3 Å². The maximum absolute atomic E-state index is 10.6. The fourth-order valence-electron chi connectivity index (χ4n) is 3.38. The third-order valence-corrected chi connectivity index (χ3v) is 5.22. The van der Waals surface area contributed by atoms with Gasteiger partial charge >= 0.3 is 5.97 Å². The van der Waals surface area contributed by atoms with E-state index in [0.717, 1.165) is 13.1 Å². The van der Waals surface area contributed by atoms with Gasteiger partial charge in [-0.15, -0.1) is 0 Å². The summed E-state index contributed by atoms with van der Waals surface area (Å²) in [5, 5.41) is 3.31. The van der Waals surface area contributed by atoms with Crippen molar-refractivity contribution in [3.05, 3.63) is 35.4 Å². The number of carbonyl (C=O) groups is 1. The van der Waals surface area contributed by atoms with Crippen molar-refractivity contribution in [1.82, 2.24) is 5.32 Å². The molecule has 0 radical (unpaired) electrons. The van der Waals surface area contributed by atoms with Crippen LogP contribution in [0.25, 0.3) is 0 Å². The first-order valence-corrected chi connectivity index (χ1v) is 11.3. The van der Waals surface area contributed by atoms with Crippen LogP contribution >= 0.6 is 0 Å². The molecule has 0 amide bonds. The third-order valence-electron chi connectivity index (χ3n) is 5.22. The minimum Gasteiger partial charge on any atom is -0.465 e. The number of esters is 1. The van der Waals surface area contributed by atoms with Crippen molar-refractivity contribution >= 4 is 5.97 Å². The summed E-state index contributed by atoms with van der Waals surface area (Å²) in [6.45, 7) is 10.5. The van der Waals surface area contributed by atoms with Gasteiger partial charge in [0.05, 0.1) is 0 Å². The van der Waals surface area contributed by atoms with Crippen LogP contribution in [0, 0.1) is 0 Å². The van der Waals surface area contributed by atoms with Crippen molar-refractivity contribution in [2.75, 3.05) is 19.7 Å². The molecule has 1 aromatic carbocycles. The molecule has 0 saturated carbocycles. The van der Waals surface area contributed by atoms with Gasteiger partial charge in [-0.1, -0.05) is 90.0 Å². The molecule has 1 aromatic rings. The van der Waals surface area contributed by atoms with Crippen LogP contribution in [0.1, 0.15) is 96.6 Å². The lowest BCUT2D eigenvalue weighted by Gasteiger charge is -2.19. The van der Waals surface area contributed by atoms with Gasteiger partial charge < -0.3 is 10.1 Å². The fraction of sp³-hybridized carbons (Fsp3) is 0.720. The largest absolute Gasteiger partial charge is 0.465 e. The Bertz CT molecular complexity index is 516. The van der Waals surface area contributed by atoms with Crippen molar-refractivity contribution in [2.45, 2.75) is 97.3 Å². The van der Waals surface area contributed by atoms with Gasteiger partial charge in [-0.2, -0.15) is 0 Å². The molecule has 1 rings (SSSR count). The SMILES string of the molecule is CC(=O)OCCNCCCCCCCCCCCc1ccc(C(C)(C)C)cc1. The average molecular weight is 390 g/mol. The van der Waals surface area contributed by atoms with E-state index in [0.29, 0.717) is 6.61 Å². The highest BCUT2D eigenvalue weighted by atomic mass is 16.5. The standard InChI is InChI=1S/C25H43NO2/c1-22(27)28-21-20-26-19-13-11-9-7-5-6-8-10-12-14-23-15-17-24(18-16-23)25(2,3)4/h15-18,26H,5-14,19-21H2,1-4H3. The minimum absolute atomic E-state index is 0.198. The molecule has 0 unspecified atom stereocenters. The van der Waals surface area contributed by atoms with E-state index in [-0.39, 0.29) is 11.4 Å². The lowest BCUT2D eigenvalue weighted by Crippen LogP contribution is -2.21. The van der Waals surface area contributed by atoms with Gasteiger partial charge in [0.1, 0.15) is 6.61 Å². The first-order valence-electron chi connectivity index (χ1n) is 11.3. The van der Waals surface area contributed by atoms with E-state index < -0.39 is 0 Å². The normalized spacial score (nSPS) is 11.6.